The molecule has 0 heterocycles. The molecular weight excluding hydrogens is 1080 g/mol. The van der Waals surface area contributed by atoms with Gasteiger partial charge in [-0.3, -0.25) is 19.0 Å². The summed E-state index contributed by atoms with van der Waals surface area (Å²) in [5.74, 6) is -7.85. The maximum Gasteiger partial charge on any atom is 3.00 e. The number of carboxylic acids is 2. The van der Waals surface area contributed by atoms with E-state index < -0.39 is 99.4 Å². The van der Waals surface area contributed by atoms with Crippen LogP contribution in [0.5, 0.6) is 11.5 Å². The van der Waals surface area contributed by atoms with Gasteiger partial charge >= 0.3 is 105 Å². The molecular formula is C46H34CoN8Na3O14S2. The second-order valence-corrected chi connectivity index (χ2v) is 17.4. The number of hydrogen-bond donors (Lipinski definition) is 4. The normalized spacial score (nSPS) is 11.5. The molecule has 2 amide bonds. The van der Waals surface area contributed by atoms with Crippen molar-refractivity contribution in [2.75, 3.05) is 20.1 Å². The minimum Gasteiger partial charge on any atom is -0.874 e. The molecule has 0 aromatic heterocycles. The molecule has 6 rings (SSSR count). The van der Waals surface area contributed by atoms with Crippen LogP contribution in [0, 0.1) is 0 Å². The second kappa shape index (κ2) is 30.5. The zero-order valence-corrected chi connectivity index (χ0v) is 48.2. The Morgan fingerprint density at radius 3 is 1.08 bits per heavy atom. The predicted octanol–water partition coefficient (Wildman–Crippen LogP) is -6.51. The maximum absolute atomic E-state index is 12.8. The Bertz CT molecular complexity index is 3110. The monoisotopic (exact) mass is 1110 g/mol. The van der Waals surface area contributed by atoms with E-state index in [2.05, 4.69) is 40.5 Å². The second-order valence-electron chi connectivity index (χ2n) is 14.0. The van der Waals surface area contributed by atoms with E-state index in [9.17, 15) is 66.7 Å². The Hall–Kier alpha value is -5.91. The Labute approximate surface area is 500 Å². The van der Waals surface area contributed by atoms with Gasteiger partial charge in [0.1, 0.15) is 11.4 Å². The average Bonchev–Trinajstić information content (AvgIpc) is 3.30. The van der Waals surface area contributed by atoms with Gasteiger partial charge in [0, 0.05) is 22.5 Å². The molecule has 0 atom stereocenters. The van der Waals surface area contributed by atoms with Crippen molar-refractivity contribution in [1.82, 2.24) is 0 Å². The van der Waals surface area contributed by atoms with Crippen molar-refractivity contribution in [3.63, 3.8) is 0 Å². The minimum absolute atomic E-state index is 0. The number of carbonyl (C=O) groups excluding carboxylic acids is 4. The number of sulfonamides is 2. The van der Waals surface area contributed by atoms with Crippen LogP contribution in [0.25, 0.3) is 0 Å². The minimum atomic E-state index is -4.36. The van der Waals surface area contributed by atoms with Crippen LogP contribution < -0.4 is 139 Å². The molecule has 4 N–H and O–H groups in total. The van der Waals surface area contributed by atoms with Crippen molar-refractivity contribution >= 4 is 77.9 Å². The summed E-state index contributed by atoms with van der Waals surface area (Å²) in [6, 6.07) is 32.4. The summed E-state index contributed by atoms with van der Waals surface area (Å²) in [5.41, 5.74) is -2.62. The van der Waals surface area contributed by atoms with Gasteiger partial charge < -0.3 is 50.9 Å². The van der Waals surface area contributed by atoms with E-state index in [1.807, 2.05) is 0 Å². The van der Waals surface area contributed by atoms with Gasteiger partial charge in [0.25, 0.3) is 31.9 Å². The number of anilines is 4. The van der Waals surface area contributed by atoms with Gasteiger partial charge in [0.15, 0.2) is 0 Å². The van der Waals surface area contributed by atoms with Crippen molar-refractivity contribution in [1.29, 1.82) is 0 Å². The van der Waals surface area contributed by atoms with Crippen molar-refractivity contribution in [2.45, 2.75) is 23.6 Å². The van der Waals surface area contributed by atoms with Crippen LogP contribution in [-0.4, -0.2) is 40.6 Å². The van der Waals surface area contributed by atoms with Crippen molar-refractivity contribution in [3.05, 3.63) is 180 Å². The summed E-state index contributed by atoms with van der Waals surface area (Å²) in [5, 5.41) is 90.0. The fourth-order valence-electron chi connectivity index (χ4n) is 5.58. The molecule has 74 heavy (non-hydrogen) atoms. The van der Waals surface area contributed by atoms with Gasteiger partial charge in [-0.25, -0.2) is 16.8 Å². The third kappa shape index (κ3) is 18.8. The Morgan fingerprint density at radius 1 is 0.459 bits per heavy atom. The van der Waals surface area contributed by atoms with Gasteiger partial charge in [0.2, 0.25) is 0 Å². The molecule has 6 aromatic carbocycles. The van der Waals surface area contributed by atoms with E-state index in [1.54, 1.807) is 60.7 Å². The topological polar surface area (TPSA) is 372 Å². The van der Waals surface area contributed by atoms with Gasteiger partial charge in [-0.05, 0) is 60.7 Å². The van der Waals surface area contributed by atoms with Crippen LogP contribution in [-0.2, 0) is 46.4 Å². The third-order valence-corrected chi connectivity index (χ3v) is 11.7. The van der Waals surface area contributed by atoms with Crippen LogP contribution >= 0.6 is 0 Å². The number of para-hydroxylation sites is 4. The van der Waals surface area contributed by atoms with Crippen LogP contribution in [0.3, 0.4) is 0 Å². The zero-order valence-electron chi connectivity index (χ0n) is 39.5. The number of allylic oxidation sites excluding steroid dienone is 2. The fourth-order valence-corrected chi connectivity index (χ4v) is 7.77. The molecule has 22 nitrogen and oxygen atoms in total. The number of hydrogen-bond acceptors (Lipinski definition) is 18. The molecule has 0 radical (unpaired) electrons. The molecule has 0 fully saturated rings. The Kier molecular flexibility index (Phi) is 27.2. The number of nitrogens with one attached hydrogen (secondary N) is 4. The van der Waals surface area contributed by atoms with Crippen LogP contribution in [0.2, 0.25) is 0 Å². The first-order valence-corrected chi connectivity index (χ1v) is 22.7. The predicted molar refractivity (Wildman–Crippen MR) is 240 cm³/mol. The smallest absolute Gasteiger partial charge is 0.874 e. The van der Waals surface area contributed by atoms with E-state index in [0.29, 0.717) is 11.4 Å². The summed E-state index contributed by atoms with van der Waals surface area (Å²) in [7, 11) is -8.71. The average molecular weight is 1110 g/mol. The molecule has 0 aliphatic heterocycles. The molecule has 0 aliphatic rings. The number of rotatable bonds is 16. The van der Waals surface area contributed by atoms with E-state index in [-0.39, 0.29) is 128 Å². The number of benzene rings is 6. The Morgan fingerprint density at radius 2 is 0.770 bits per heavy atom. The van der Waals surface area contributed by atoms with E-state index in [1.165, 1.54) is 36.4 Å². The summed E-state index contributed by atoms with van der Waals surface area (Å²) < 4.78 is 55.3. The molecule has 0 unspecified atom stereocenters. The van der Waals surface area contributed by atoms with Gasteiger partial charge in [-0.1, -0.05) is 110 Å². The first-order valence-electron chi connectivity index (χ1n) is 19.8. The number of carbonyl (C=O) groups is 4. The largest absolute Gasteiger partial charge is 3.00 e. The van der Waals surface area contributed by atoms with Crippen LogP contribution in [0.4, 0.5) is 34.1 Å². The third-order valence-electron chi connectivity index (χ3n) is 8.94. The SMILES string of the molecule is C/C([O-])=C(/N=Nc1cc(S(=O)(=O)Nc2ccccc2C(=O)[O-])ccc1[O-])C(=O)Nc1ccccc1.C/C([O-])=C(/N=Nc1cc(S(=O)(=O)Nc2ccccc2C(=O)[O-])ccc1[O-])C(=O)Nc1ccccc1.[Co+3].[Na+].[Na+].[Na+]. The molecule has 0 bridgehead atoms. The number of amides is 2. The standard InChI is InChI=1S/2C23H20N4O7S.Co.3Na/c2*1-14(28)21(22(30)24-15-7-3-2-4-8-15)26-25-19-13-16(11-12-20(19)29)35(33,34)27-18-10-6-5-9-17(18)23(31)32;;;;/h2*2-13,27-29H,1H3,(H,24,30)(H,31,32);;;;/q;;+3;3*+1/p-6/b2*21-14-,26-25?;;;;. The summed E-state index contributed by atoms with van der Waals surface area (Å²) in [4.78, 5) is 46.4. The van der Waals surface area contributed by atoms with Gasteiger partial charge in [-0.15, -0.1) is 21.7 Å². The molecule has 6 aromatic rings. The van der Waals surface area contributed by atoms with Gasteiger partial charge in [-0.2, -0.15) is 10.2 Å². The molecule has 0 aliphatic carbocycles. The van der Waals surface area contributed by atoms with Gasteiger partial charge in [0.05, 0.1) is 44.5 Å². The number of azo groups is 2. The molecule has 0 saturated heterocycles. The molecule has 0 spiro atoms. The van der Waals surface area contributed by atoms with E-state index in [4.69, 9.17) is 0 Å². The Balaban J connectivity index is 0.000000702. The van der Waals surface area contributed by atoms with Crippen molar-refractivity contribution in [3.8, 4) is 11.5 Å². The van der Waals surface area contributed by atoms with E-state index in [0.717, 1.165) is 62.4 Å². The number of nitrogens with zero attached hydrogens (tertiary/aromatic N) is 4. The maximum atomic E-state index is 12.8. The summed E-state index contributed by atoms with van der Waals surface area (Å²) in [6.07, 6.45) is 0. The van der Waals surface area contributed by atoms with Crippen molar-refractivity contribution < 1.29 is 172 Å². The quantitative estimate of drug-likeness (QED) is 0.0303. The van der Waals surface area contributed by atoms with Crippen molar-refractivity contribution in [2.24, 2.45) is 20.5 Å². The number of aromatic carboxylic acids is 2. The summed E-state index contributed by atoms with van der Waals surface area (Å²) >= 11 is 0. The molecule has 0 saturated carbocycles. The molecule has 28 heteroatoms. The summed E-state index contributed by atoms with van der Waals surface area (Å²) in [6.45, 7) is 2.16. The molecule has 366 valence electrons. The first kappa shape index (κ1) is 66.1. The zero-order chi connectivity index (χ0) is 51.2. The van der Waals surface area contributed by atoms with Crippen LogP contribution in [0.1, 0.15) is 34.6 Å². The fraction of sp³-hybridized carbons (Fsp3) is 0.0435. The van der Waals surface area contributed by atoms with E-state index >= 15 is 0 Å². The first-order chi connectivity index (χ1) is 33.2. The van der Waals surface area contributed by atoms with Crippen LogP contribution in [0.15, 0.2) is 199 Å². The number of carboxylic acid groups (broad SMARTS) is 2.